The van der Waals surface area contributed by atoms with Crippen molar-refractivity contribution in [2.45, 2.75) is 38.4 Å². The minimum atomic E-state index is -0.957. The van der Waals surface area contributed by atoms with Crippen molar-refractivity contribution in [3.05, 3.63) is 36.0 Å². The maximum absolute atomic E-state index is 12.3. The number of fused-ring (bicyclic) bond motifs is 1. The lowest BCUT2D eigenvalue weighted by Crippen LogP contribution is -2.52. The van der Waals surface area contributed by atoms with Gasteiger partial charge in [-0.05, 0) is 25.5 Å². The number of carbonyl (C=O) groups excluding carboxylic acids is 3. The number of H-pyrrole nitrogens is 1. The van der Waals surface area contributed by atoms with E-state index in [1.165, 1.54) is 13.8 Å². The highest BCUT2D eigenvalue weighted by atomic mass is 16.2. The summed E-state index contributed by atoms with van der Waals surface area (Å²) in [5.41, 5.74) is 7.20. The van der Waals surface area contributed by atoms with Crippen molar-refractivity contribution in [2.24, 2.45) is 5.73 Å². The van der Waals surface area contributed by atoms with E-state index in [4.69, 9.17) is 7.15 Å². The van der Waals surface area contributed by atoms with Crippen LogP contribution in [0.3, 0.4) is 0 Å². The van der Waals surface area contributed by atoms with Gasteiger partial charge in [0.15, 0.2) is 1.41 Å². The van der Waals surface area contributed by atoms with Gasteiger partial charge in [-0.15, -0.1) is 0 Å². The Morgan fingerprint density at radius 1 is 1.33 bits per heavy atom. The molecule has 0 unspecified atom stereocenters. The summed E-state index contributed by atoms with van der Waals surface area (Å²) in [4.78, 5) is 38.4. The predicted octanol–water partition coefficient (Wildman–Crippen LogP) is 0.246. The number of nitrogens with one attached hydrogen (secondary N) is 3. The fourth-order valence-corrected chi connectivity index (χ4v) is 2.33. The average molecular weight is 331 g/mol. The van der Waals surface area contributed by atoms with Crippen LogP contribution in [-0.2, 0) is 20.8 Å². The van der Waals surface area contributed by atoms with Crippen LogP contribution in [0.5, 0.6) is 0 Å². The number of aldehydes is 1. The first-order valence-electron chi connectivity index (χ1n) is 8.18. The molecule has 0 aliphatic carbocycles. The lowest BCUT2D eigenvalue weighted by molar-refractivity contribution is -0.130. The Balaban J connectivity index is 2.10. The molecule has 1 heterocycles. The van der Waals surface area contributed by atoms with Gasteiger partial charge in [0.2, 0.25) is 11.8 Å². The number of para-hydroxylation sites is 1. The molecule has 2 rings (SSSR count). The minimum absolute atomic E-state index is 0.205. The van der Waals surface area contributed by atoms with Crippen LogP contribution in [0.4, 0.5) is 0 Å². The van der Waals surface area contributed by atoms with Crippen molar-refractivity contribution in [2.75, 3.05) is 0 Å². The smallest absolute Gasteiger partial charge is 0.242 e. The summed E-state index contributed by atoms with van der Waals surface area (Å²) in [7, 11) is 0. The second kappa shape index (κ2) is 7.74. The summed E-state index contributed by atoms with van der Waals surface area (Å²) in [6.07, 6.45) is 2.53. The van der Waals surface area contributed by atoms with E-state index in [0.717, 1.165) is 16.5 Å². The van der Waals surface area contributed by atoms with Crippen molar-refractivity contribution in [3.8, 4) is 0 Å². The Labute approximate surface area is 141 Å². The second-order valence-corrected chi connectivity index (χ2v) is 5.75. The summed E-state index contributed by atoms with van der Waals surface area (Å²) in [5, 5.41) is 3.98. The highest BCUT2D eigenvalue weighted by Gasteiger charge is 2.21. The van der Waals surface area contributed by atoms with E-state index in [-0.39, 0.29) is 6.42 Å². The Bertz CT molecular complexity index is 774. The standard InChI is InChI=1S/C17H22N4O3/c1-10(18)16(23)20-11(2)17(24)21-13(9-22)7-12-8-19-15-6-4-3-5-14(12)15/h3-6,8-11,13,19H,7,18H2,1-2H3,(H,20,23)(H,21,24)/t10-,11+,13+/m1/s1/i/hD. The van der Waals surface area contributed by atoms with Gasteiger partial charge in [-0.1, -0.05) is 18.2 Å². The third-order valence-electron chi connectivity index (χ3n) is 3.70. The third-order valence-corrected chi connectivity index (χ3v) is 3.70. The largest absolute Gasteiger partial charge is 0.361 e. The molecular formula is C17H22N4O3. The van der Waals surface area contributed by atoms with Crippen LogP contribution in [0.25, 0.3) is 10.9 Å². The van der Waals surface area contributed by atoms with E-state index in [2.05, 4.69) is 10.3 Å². The first-order valence-corrected chi connectivity index (χ1v) is 7.73. The van der Waals surface area contributed by atoms with E-state index >= 15 is 0 Å². The fraction of sp³-hybridized carbons (Fsp3) is 0.353. The average Bonchev–Trinajstić information content (AvgIpc) is 3.01. The Morgan fingerprint density at radius 2 is 2.04 bits per heavy atom. The third kappa shape index (κ3) is 4.20. The van der Waals surface area contributed by atoms with E-state index < -0.39 is 29.9 Å². The van der Waals surface area contributed by atoms with Crippen LogP contribution in [0.1, 0.15) is 19.4 Å². The molecule has 24 heavy (non-hydrogen) atoms. The number of carbonyl (C=O) groups is 3. The molecule has 3 atom stereocenters. The van der Waals surface area contributed by atoms with Crippen LogP contribution in [0.15, 0.2) is 30.5 Å². The lowest BCUT2D eigenvalue weighted by atomic mass is 10.1. The van der Waals surface area contributed by atoms with Gasteiger partial charge in [-0.25, -0.2) is 0 Å². The normalized spacial score (nSPS) is 15.2. The Hall–Kier alpha value is -2.67. The first-order chi connectivity index (χ1) is 11.8. The van der Waals surface area contributed by atoms with Crippen LogP contribution in [0, 0.1) is 0 Å². The first kappa shape index (κ1) is 16.2. The Kier molecular flexibility index (Phi) is 5.22. The van der Waals surface area contributed by atoms with E-state index in [1.807, 2.05) is 24.3 Å². The highest BCUT2D eigenvalue weighted by molar-refractivity contribution is 5.90. The van der Waals surface area contributed by atoms with Gasteiger partial charge in [0, 0.05) is 23.5 Å². The van der Waals surface area contributed by atoms with Gasteiger partial charge in [-0.2, -0.15) is 0 Å². The molecule has 0 aliphatic heterocycles. The topological polar surface area (TPSA) is 117 Å². The lowest BCUT2D eigenvalue weighted by Gasteiger charge is -2.18. The van der Waals surface area contributed by atoms with Gasteiger partial charge < -0.3 is 26.1 Å². The summed E-state index contributed by atoms with van der Waals surface area (Å²) in [6.45, 7) is 2.95. The number of hydrogen-bond donors (Lipinski definition) is 4. The number of benzene rings is 1. The summed E-state index contributed by atoms with van der Waals surface area (Å²) < 4.78 is 7.99. The number of aromatic amines is 1. The molecule has 1 aromatic carbocycles. The maximum Gasteiger partial charge on any atom is 0.242 e. The zero-order valence-electron chi connectivity index (χ0n) is 14.7. The van der Waals surface area contributed by atoms with Crippen molar-refractivity contribution >= 4 is 29.0 Å². The number of rotatable bonds is 7. The summed E-state index contributed by atoms with van der Waals surface area (Å²) >= 11 is 0. The molecule has 0 aliphatic rings. The molecule has 0 bridgehead atoms. The molecule has 5 N–H and O–H groups in total. The molecule has 0 spiro atoms. The second-order valence-electron chi connectivity index (χ2n) is 5.75. The van der Waals surface area contributed by atoms with Gasteiger partial charge >= 0.3 is 0 Å². The van der Waals surface area contributed by atoms with E-state index in [1.54, 1.807) is 6.20 Å². The molecular weight excluding hydrogens is 308 g/mol. The molecule has 0 saturated carbocycles. The van der Waals surface area contributed by atoms with Gasteiger partial charge in [-0.3, -0.25) is 9.59 Å². The summed E-state index contributed by atoms with van der Waals surface area (Å²) in [6, 6.07) is 4.92. The van der Waals surface area contributed by atoms with Gasteiger partial charge in [0.1, 0.15) is 12.3 Å². The monoisotopic (exact) mass is 331 g/mol. The molecule has 1 aromatic heterocycles. The van der Waals surface area contributed by atoms with Crippen LogP contribution in [-0.4, -0.2) is 41.2 Å². The quantitative estimate of drug-likeness (QED) is 0.544. The van der Waals surface area contributed by atoms with Crippen molar-refractivity contribution in [1.82, 2.24) is 15.6 Å². The Morgan fingerprint density at radius 3 is 2.71 bits per heavy atom. The van der Waals surface area contributed by atoms with Crippen LogP contribution in [0.2, 0.25) is 1.41 Å². The van der Waals surface area contributed by atoms with Gasteiger partial charge in [0.25, 0.3) is 0 Å². The maximum atomic E-state index is 12.3. The molecule has 2 aromatic rings. The number of hydrogen-bond acceptors (Lipinski definition) is 4. The summed E-state index contributed by atoms with van der Waals surface area (Å²) in [5.74, 6) is -1.17. The zero-order valence-corrected chi connectivity index (χ0v) is 13.7. The number of nitrogens with two attached hydrogens (primary N) is 1. The van der Waals surface area contributed by atoms with Crippen molar-refractivity contribution in [3.63, 3.8) is 0 Å². The highest BCUT2D eigenvalue weighted by Crippen LogP contribution is 2.18. The molecule has 0 fully saturated rings. The predicted molar refractivity (Wildman–Crippen MR) is 91.3 cm³/mol. The molecule has 2 amide bonds. The molecule has 128 valence electrons. The number of aromatic nitrogens is 1. The fourth-order valence-electron chi connectivity index (χ4n) is 2.33. The minimum Gasteiger partial charge on any atom is -0.361 e. The molecule has 7 heteroatoms. The zero-order chi connectivity index (χ0) is 18.6. The van der Waals surface area contributed by atoms with E-state index in [0.29, 0.717) is 11.6 Å². The molecule has 7 nitrogen and oxygen atoms in total. The van der Waals surface area contributed by atoms with E-state index in [9.17, 15) is 14.4 Å². The van der Waals surface area contributed by atoms with Crippen molar-refractivity contribution in [1.29, 1.82) is 0 Å². The number of amides is 2. The van der Waals surface area contributed by atoms with Gasteiger partial charge in [0.05, 0.1) is 12.1 Å². The molecule has 0 radical (unpaired) electrons. The molecule has 0 saturated heterocycles. The van der Waals surface area contributed by atoms with Crippen molar-refractivity contribution < 1.29 is 15.8 Å². The van der Waals surface area contributed by atoms with Crippen LogP contribution >= 0.6 is 0 Å². The SMILES string of the molecule is [2H]N(C(=O)[C@H](C)NC(=O)[C@@H](C)N)[C@H](C=O)Cc1c[nH]c2ccccc12. The van der Waals surface area contributed by atoms with Crippen LogP contribution < -0.4 is 16.4 Å².